The van der Waals surface area contributed by atoms with Gasteiger partial charge in [-0.1, -0.05) is 66.2 Å². The molecule has 164 valence electrons. The van der Waals surface area contributed by atoms with Crippen LogP contribution in [0.2, 0.25) is 0 Å². The minimum atomic E-state index is -0.192. The van der Waals surface area contributed by atoms with Crippen molar-refractivity contribution in [2.75, 3.05) is 5.32 Å². The Labute approximate surface area is 191 Å². The molecule has 0 saturated heterocycles. The van der Waals surface area contributed by atoms with Crippen LogP contribution in [0.15, 0.2) is 83.9 Å². The van der Waals surface area contributed by atoms with Crippen LogP contribution in [0.1, 0.15) is 16.7 Å². The molecular formula is C27H24N4O2. The number of nitrogens with zero attached hydrogens (tertiary/aromatic N) is 3. The zero-order chi connectivity index (χ0) is 22.9. The second-order valence-electron chi connectivity index (χ2n) is 8.33. The number of hydrogen-bond donors (Lipinski definition) is 1. The van der Waals surface area contributed by atoms with Crippen LogP contribution in [0.3, 0.4) is 0 Å². The van der Waals surface area contributed by atoms with Crippen LogP contribution in [0.5, 0.6) is 0 Å². The lowest BCUT2D eigenvalue weighted by molar-refractivity contribution is -0.116. The van der Waals surface area contributed by atoms with Crippen molar-refractivity contribution in [3.05, 3.63) is 106 Å². The summed E-state index contributed by atoms with van der Waals surface area (Å²) in [5, 5.41) is 3.85. The van der Waals surface area contributed by atoms with Crippen molar-refractivity contribution in [3.63, 3.8) is 0 Å². The van der Waals surface area contributed by atoms with Gasteiger partial charge in [-0.2, -0.15) is 0 Å². The van der Waals surface area contributed by atoms with Gasteiger partial charge in [-0.05, 0) is 37.1 Å². The molecule has 1 N–H and O–H groups in total. The average molecular weight is 437 g/mol. The Kier molecular flexibility index (Phi) is 5.26. The lowest BCUT2D eigenvalue weighted by Crippen LogP contribution is -2.25. The first-order valence-corrected chi connectivity index (χ1v) is 10.9. The van der Waals surface area contributed by atoms with E-state index in [9.17, 15) is 9.59 Å². The third kappa shape index (κ3) is 3.91. The molecule has 0 radical (unpaired) electrons. The van der Waals surface area contributed by atoms with Gasteiger partial charge in [0, 0.05) is 11.1 Å². The van der Waals surface area contributed by atoms with Gasteiger partial charge in [0.25, 0.3) is 5.56 Å². The molecule has 0 fully saturated rings. The van der Waals surface area contributed by atoms with Gasteiger partial charge in [0.05, 0.1) is 18.4 Å². The second kappa shape index (κ2) is 8.39. The fourth-order valence-corrected chi connectivity index (χ4v) is 4.29. The van der Waals surface area contributed by atoms with E-state index in [2.05, 4.69) is 10.3 Å². The first-order chi connectivity index (χ1) is 16.0. The second-order valence-corrected chi connectivity index (χ2v) is 8.33. The Morgan fingerprint density at radius 1 is 0.970 bits per heavy atom. The normalized spacial score (nSPS) is 11.2. The zero-order valence-corrected chi connectivity index (χ0v) is 18.6. The third-order valence-corrected chi connectivity index (χ3v) is 5.89. The largest absolute Gasteiger partial charge is 0.325 e. The molecule has 0 aliphatic heterocycles. The molecule has 0 aliphatic carbocycles. The van der Waals surface area contributed by atoms with Crippen LogP contribution in [0.25, 0.3) is 21.9 Å². The van der Waals surface area contributed by atoms with Crippen molar-refractivity contribution in [1.29, 1.82) is 0 Å². The van der Waals surface area contributed by atoms with E-state index in [1.807, 2.05) is 86.6 Å². The summed E-state index contributed by atoms with van der Waals surface area (Å²) in [6.45, 7) is 4.42. The van der Waals surface area contributed by atoms with Gasteiger partial charge in [-0.15, -0.1) is 0 Å². The fraction of sp³-hybridized carbons (Fsp3) is 0.148. The highest BCUT2D eigenvalue weighted by Gasteiger charge is 2.18. The minimum absolute atomic E-state index is 0.0175. The number of para-hydroxylation sites is 1. The zero-order valence-electron chi connectivity index (χ0n) is 18.6. The van der Waals surface area contributed by atoms with E-state index in [1.54, 1.807) is 15.5 Å². The van der Waals surface area contributed by atoms with Gasteiger partial charge in [0.15, 0.2) is 0 Å². The van der Waals surface area contributed by atoms with Crippen molar-refractivity contribution in [2.24, 2.45) is 0 Å². The molecule has 0 unspecified atom stereocenters. The Hall–Kier alpha value is -4.19. The highest BCUT2D eigenvalue weighted by atomic mass is 16.2. The predicted octanol–water partition coefficient (Wildman–Crippen LogP) is 4.66. The molecule has 0 spiro atoms. The summed E-state index contributed by atoms with van der Waals surface area (Å²) in [6, 6.07) is 23.4. The number of amides is 1. The lowest BCUT2D eigenvalue weighted by atomic mass is 10.1. The van der Waals surface area contributed by atoms with Crippen LogP contribution in [-0.2, 0) is 17.9 Å². The highest BCUT2D eigenvalue weighted by molar-refractivity contribution is 6.06. The third-order valence-electron chi connectivity index (χ3n) is 5.89. The Balaban J connectivity index is 1.58. The maximum atomic E-state index is 13.5. The number of rotatable bonds is 5. The topological polar surface area (TPSA) is 68.9 Å². The molecule has 0 bridgehead atoms. The number of fused-ring (bicyclic) bond motifs is 3. The number of nitrogens with one attached hydrogen (secondary N) is 1. The molecule has 33 heavy (non-hydrogen) atoms. The monoisotopic (exact) mass is 436 g/mol. The number of benzene rings is 3. The summed E-state index contributed by atoms with van der Waals surface area (Å²) < 4.78 is 3.37. The highest BCUT2D eigenvalue weighted by Crippen LogP contribution is 2.25. The summed E-state index contributed by atoms with van der Waals surface area (Å²) in [5.74, 6) is -0.192. The van der Waals surface area contributed by atoms with Crippen LogP contribution < -0.4 is 10.9 Å². The molecule has 2 aromatic heterocycles. The average Bonchev–Trinajstić information content (AvgIpc) is 3.12. The van der Waals surface area contributed by atoms with Gasteiger partial charge in [-0.25, -0.2) is 4.98 Å². The molecule has 5 aromatic rings. The minimum Gasteiger partial charge on any atom is -0.325 e. The molecule has 3 aromatic carbocycles. The first kappa shape index (κ1) is 20.7. The van der Waals surface area contributed by atoms with E-state index in [0.29, 0.717) is 17.6 Å². The van der Waals surface area contributed by atoms with Gasteiger partial charge in [0.2, 0.25) is 5.91 Å². The van der Waals surface area contributed by atoms with Crippen LogP contribution >= 0.6 is 0 Å². The number of carbonyl (C=O) groups excluding carboxylic acids is 1. The van der Waals surface area contributed by atoms with Crippen LogP contribution in [-0.4, -0.2) is 20.0 Å². The van der Waals surface area contributed by atoms with Gasteiger partial charge in [0.1, 0.15) is 17.6 Å². The van der Waals surface area contributed by atoms with E-state index < -0.39 is 0 Å². The summed E-state index contributed by atoms with van der Waals surface area (Å²) in [5.41, 5.74) is 5.60. The van der Waals surface area contributed by atoms with Gasteiger partial charge < -0.3 is 9.88 Å². The molecule has 0 aliphatic rings. The number of aromatic nitrogens is 3. The fourth-order valence-electron chi connectivity index (χ4n) is 4.29. The molecule has 0 saturated carbocycles. The lowest BCUT2D eigenvalue weighted by Gasteiger charge is -2.12. The van der Waals surface area contributed by atoms with Crippen molar-refractivity contribution < 1.29 is 4.79 Å². The Morgan fingerprint density at radius 2 is 1.73 bits per heavy atom. The predicted molar refractivity (Wildman–Crippen MR) is 132 cm³/mol. The van der Waals surface area contributed by atoms with E-state index in [0.717, 1.165) is 33.3 Å². The molecule has 5 rings (SSSR count). The summed E-state index contributed by atoms with van der Waals surface area (Å²) in [7, 11) is 0. The van der Waals surface area contributed by atoms with Crippen molar-refractivity contribution >= 4 is 33.5 Å². The van der Waals surface area contributed by atoms with Crippen molar-refractivity contribution in [3.8, 4) is 0 Å². The van der Waals surface area contributed by atoms with E-state index in [-0.39, 0.29) is 18.0 Å². The Morgan fingerprint density at radius 3 is 2.52 bits per heavy atom. The first-order valence-electron chi connectivity index (χ1n) is 10.9. The number of carbonyl (C=O) groups is 1. The summed E-state index contributed by atoms with van der Waals surface area (Å²) >= 11 is 0. The standard InChI is InChI=1S/C27H24N4O2/c1-18-12-13-22(19(2)14-18)29-24(32)16-31-23-11-7-6-10-21(23)25-26(31)27(33)30(17-28-25)15-20-8-4-3-5-9-20/h3-14,17H,15-16H2,1-2H3,(H,29,32). The smallest absolute Gasteiger partial charge is 0.278 e. The SMILES string of the molecule is Cc1ccc(NC(=O)Cn2c3ccccc3c3ncn(Cc4ccccc4)c(=O)c32)c(C)c1. The molecule has 0 atom stereocenters. The maximum absolute atomic E-state index is 13.5. The van der Waals surface area contributed by atoms with Crippen molar-refractivity contribution in [2.45, 2.75) is 26.9 Å². The summed E-state index contributed by atoms with van der Waals surface area (Å²) in [4.78, 5) is 31.2. The molecule has 1 amide bonds. The number of hydrogen-bond acceptors (Lipinski definition) is 3. The van der Waals surface area contributed by atoms with Crippen LogP contribution in [0, 0.1) is 13.8 Å². The number of anilines is 1. The van der Waals surface area contributed by atoms with Crippen molar-refractivity contribution in [1.82, 2.24) is 14.1 Å². The van der Waals surface area contributed by atoms with Gasteiger partial charge >= 0.3 is 0 Å². The van der Waals surface area contributed by atoms with E-state index >= 15 is 0 Å². The van der Waals surface area contributed by atoms with E-state index in [4.69, 9.17) is 0 Å². The van der Waals surface area contributed by atoms with E-state index in [1.165, 1.54) is 0 Å². The maximum Gasteiger partial charge on any atom is 0.278 e. The molecule has 6 heteroatoms. The molecular weight excluding hydrogens is 412 g/mol. The van der Waals surface area contributed by atoms with Gasteiger partial charge in [-0.3, -0.25) is 14.2 Å². The summed E-state index contributed by atoms with van der Waals surface area (Å²) in [6.07, 6.45) is 1.59. The Bertz CT molecular complexity index is 1550. The molecule has 2 heterocycles. The molecule has 6 nitrogen and oxygen atoms in total. The number of aryl methyl sites for hydroxylation is 2. The quantitative estimate of drug-likeness (QED) is 0.436. The van der Waals surface area contributed by atoms with Crippen LogP contribution in [0.4, 0.5) is 5.69 Å².